The zero-order valence-corrected chi connectivity index (χ0v) is 9.00. The van der Waals surface area contributed by atoms with Gasteiger partial charge >= 0.3 is 5.97 Å². The Morgan fingerprint density at radius 1 is 1.59 bits per heavy atom. The van der Waals surface area contributed by atoms with Crippen molar-refractivity contribution < 1.29 is 23.4 Å². The second-order valence-electron chi connectivity index (χ2n) is 3.18. The summed E-state index contributed by atoms with van der Waals surface area (Å²) in [6.45, 7) is 1.65. The lowest BCUT2D eigenvalue weighted by Gasteiger charge is -2.09. The number of aromatic amines is 1. The molecule has 0 aliphatic carbocycles. The monoisotopic (exact) mass is 247 g/mol. The number of nitrogens with one attached hydrogen (secondary N) is 1. The third-order valence-electron chi connectivity index (χ3n) is 2.07. The molecule has 1 aromatic heterocycles. The molecule has 94 valence electrons. The standard InChI is InChI=1S/C10H11F2NO4/c1-2-17-7(14)3-5-6(9(11)12)4-13-10(16)8(5)15/h4,9,15H,2-3H2,1H3,(H,13,16). The number of hydrogen-bond donors (Lipinski definition) is 2. The maximum Gasteiger partial charge on any atom is 0.310 e. The normalized spacial score (nSPS) is 10.6. The highest BCUT2D eigenvalue weighted by atomic mass is 19.3. The first-order valence-corrected chi connectivity index (χ1v) is 4.84. The molecule has 0 radical (unpaired) electrons. The van der Waals surface area contributed by atoms with Crippen LogP contribution in [0.1, 0.15) is 24.5 Å². The molecule has 0 amide bonds. The van der Waals surface area contributed by atoms with Crippen molar-refractivity contribution in [2.45, 2.75) is 19.8 Å². The van der Waals surface area contributed by atoms with E-state index < -0.39 is 41.3 Å². The fourth-order valence-electron chi connectivity index (χ4n) is 1.31. The van der Waals surface area contributed by atoms with Gasteiger partial charge in [0, 0.05) is 17.3 Å². The highest BCUT2D eigenvalue weighted by molar-refractivity contribution is 5.74. The number of ether oxygens (including phenoxy) is 1. The van der Waals surface area contributed by atoms with Crippen LogP contribution in [-0.4, -0.2) is 22.7 Å². The third kappa shape index (κ3) is 3.02. The molecule has 1 aromatic rings. The zero-order valence-electron chi connectivity index (χ0n) is 9.00. The Morgan fingerprint density at radius 3 is 2.76 bits per heavy atom. The van der Waals surface area contributed by atoms with Crippen LogP contribution in [0, 0.1) is 0 Å². The SMILES string of the molecule is CCOC(=O)Cc1c(C(F)F)c[nH]c(=O)c1O. The van der Waals surface area contributed by atoms with E-state index >= 15 is 0 Å². The van der Waals surface area contributed by atoms with Crippen molar-refractivity contribution in [1.82, 2.24) is 4.98 Å². The highest BCUT2D eigenvalue weighted by Crippen LogP contribution is 2.26. The molecule has 7 heteroatoms. The number of aromatic hydroxyl groups is 1. The van der Waals surface area contributed by atoms with Crippen LogP contribution in [0.3, 0.4) is 0 Å². The van der Waals surface area contributed by atoms with Crippen LogP contribution in [0.4, 0.5) is 8.78 Å². The molecule has 0 aliphatic heterocycles. The Labute approximate surface area is 95.0 Å². The first-order chi connectivity index (χ1) is 7.97. The van der Waals surface area contributed by atoms with Gasteiger partial charge in [0.2, 0.25) is 0 Å². The van der Waals surface area contributed by atoms with E-state index in [4.69, 9.17) is 0 Å². The molecule has 1 rings (SSSR count). The van der Waals surface area contributed by atoms with E-state index in [1.165, 1.54) is 0 Å². The minimum Gasteiger partial charge on any atom is -0.503 e. The average Bonchev–Trinajstić information content (AvgIpc) is 2.25. The van der Waals surface area contributed by atoms with Gasteiger partial charge in [-0.1, -0.05) is 0 Å². The fraction of sp³-hybridized carbons (Fsp3) is 0.400. The molecule has 1 heterocycles. The van der Waals surface area contributed by atoms with Crippen LogP contribution in [0.25, 0.3) is 0 Å². The van der Waals surface area contributed by atoms with Crippen LogP contribution < -0.4 is 5.56 Å². The van der Waals surface area contributed by atoms with Gasteiger partial charge < -0.3 is 14.8 Å². The number of aromatic nitrogens is 1. The van der Waals surface area contributed by atoms with Gasteiger partial charge in [0.05, 0.1) is 13.0 Å². The molecule has 0 aliphatic rings. The Morgan fingerprint density at radius 2 is 2.24 bits per heavy atom. The van der Waals surface area contributed by atoms with E-state index in [0.717, 1.165) is 6.20 Å². The van der Waals surface area contributed by atoms with E-state index in [-0.39, 0.29) is 6.61 Å². The van der Waals surface area contributed by atoms with Gasteiger partial charge in [-0.15, -0.1) is 0 Å². The van der Waals surface area contributed by atoms with Crippen molar-refractivity contribution in [3.63, 3.8) is 0 Å². The average molecular weight is 247 g/mol. The van der Waals surface area contributed by atoms with Gasteiger partial charge in [0.15, 0.2) is 5.75 Å². The van der Waals surface area contributed by atoms with Crippen molar-refractivity contribution in [1.29, 1.82) is 0 Å². The van der Waals surface area contributed by atoms with Gasteiger partial charge in [-0.25, -0.2) is 8.78 Å². The van der Waals surface area contributed by atoms with E-state index in [1.807, 2.05) is 4.98 Å². The fourth-order valence-corrected chi connectivity index (χ4v) is 1.31. The minimum atomic E-state index is -2.90. The van der Waals surface area contributed by atoms with Crippen molar-refractivity contribution in [3.05, 3.63) is 27.7 Å². The quantitative estimate of drug-likeness (QED) is 0.781. The molecular weight excluding hydrogens is 236 g/mol. The third-order valence-corrected chi connectivity index (χ3v) is 2.07. The second-order valence-corrected chi connectivity index (χ2v) is 3.18. The van der Waals surface area contributed by atoms with Crippen molar-refractivity contribution in [2.75, 3.05) is 6.61 Å². The maximum atomic E-state index is 12.6. The van der Waals surface area contributed by atoms with Gasteiger partial charge in [0.1, 0.15) is 0 Å². The maximum absolute atomic E-state index is 12.6. The summed E-state index contributed by atoms with van der Waals surface area (Å²) < 4.78 is 29.7. The van der Waals surface area contributed by atoms with Crippen molar-refractivity contribution in [2.24, 2.45) is 0 Å². The highest BCUT2D eigenvalue weighted by Gasteiger charge is 2.21. The lowest BCUT2D eigenvalue weighted by Crippen LogP contribution is -2.15. The summed E-state index contributed by atoms with van der Waals surface area (Å²) in [5.74, 6) is -1.66. The molecule has 0 saturated heterocycles. The summed E-state index contributed by atoms with van der Waals surface area (Å²) in [4.78, 5) is 24.2. The Balaban J connectivity index is 3.15. The number of halogens is 2. The predicted molar refractivity (Wildman–Crippen MR) is 54.0 cm³/mol. The second kappa shape index (κ2) is 5.42. The molecule has 0 saturated carbocycles. The summed E-state index contributed by atoms with van der Waals surface area (Å²) in [5.41, 5.74) is -1.91. The molecule has 5 nitrogen and oxygen atoms in total. The first kappa shape index (κ1) is 13.1. The van der Waals surface area contributed by atoms with Crippen LogP contribution in [-0.2, 0) is 16.0 Å². The summed E-state index contributed by atoms with van der Waals surface area (Å²) in [7, 11) is 0. The molecule has 17 heavy (non-hydrogen) atoms. The van der Waals surface area contributed by atoms with Crippen molar-refractivity contribution in [3.8, 4) is 5.75 Å². The predicted octanol–water partition coefficient (Wildman–Crippen LogP) is 1.12. The van der Waals surface area contributed by atoms with Gasteiger partial charge in [-0.05, 0) is 6.92 Å². The topological polar surface area (TPSA) is 79.4 Å². The number of pyridine rings is 1. The Hall–Kier alpha value is -1.92. The van der Waals surface area contributed by atoms with Gasteiger partial charge in [-0.2, -0.15) is 0 Å². The molecule has 2 N–H and O–H groups in total. The number of H-pyrrole nitrogens is 1. The number of alkyl halides is 2. The number of carbonyl (C=O) groups excluding carboxylic acids is 1. The lowest BCUT2D eigenvalue weighted by atomic mass is 10.1. The molecule has 0 aromatic carbocycles. The van der Waals surface area contributed by atoms with E-state index in [2.05, 4.69) is 4.74 Å². The van der Waals surface area contributed by atoms with Crippen LogP contribution >= 0.6 is 0 Å². The van der Waals surface area contributed by atoms with E-state index in [1.54, 1.807) is 6.92 Å². The minimum absolute atomic E-state index is 0.0901. The summed E-state index contributed by atoms with van der Waals surface area (Å²) in [6.07, 6.45) is -2.69. The molecule has 0 bridgehead atoms. The van der Waals surface area contributed by atoms with Gasteiger partial charge in [0.25, 0.3) is 12.0 Å². The summed E-state index contributed by atoms with van der Waals surface area (Å²) in [6, 6.07) is 0. The Kier molecular flexibility index (Phi) is 4.19. The number of carbonyl (C=O) groups is 1. The van der Waals surface area contributed by atoms with Crippen molar-refractivity contribution >= 4 is 5.97 Å². The molecular formula is C10H11F2NO4. The largest absolute Gasteiger partial charge is 0.503 e. The molecule has 0 unspecified atom stereocenters. The van der Waals surface area contributed by atoms with Gasteiger partial charge in [-0.3, -0.25) is 9.59 Å². The molecule has 0 fully saturated rings. The van der Waals surface area contributed by atoms with E-state index in [9.17, 15) is 23.5 Å². The zero-order chi connectivity index (χ0) is 13.0. The van der Waals surface area contributed by atoms with E-state index in [0.29, 0.717) is 0 Å². The summed E-state index contributed by atoms with van der Waals surface area (Å²) in [5, 5.41) is 9.36. The molecule has 0 atom stereocenters. The number of hydrogen-bond acceptors (Lipinski definition) is 4. The first-order valence-electron chi connectivity index (χ1n) is 4.84. The number of rotatable bonds is 4. The lowest BCUT2D eigenvalue weighted by molar-refractivity contribution is -0.142. The smallest absolute Gasteiger partial charge is 0.310 e. The Bertz CT molecular complexity index is 470. The van der Waals surface area contributed by atoms with Crippen LogP contribution in [0.2, 0.25) is 0 Å². The van der Waals surface area contributed by atoms with Crippen LogP contribution in [0.15, 0.2) is 11.0 Å². The summed E-state index contributed by atoms with van der Waals surface area (Å²) >= 11 is 0. The van der Waals surface area contributed by atoms with Crippen LogP contribution in [0.5, 0.6) is 5.75 Å². The number of esters is 1. The molecule has 0 spiro atoms.